The first-order valence-corrected chi connectivity index (χ1v) is 9.78. The molecular weight excluding hydrogens is 492 g/mol. The second kappa shape index (κ2) is 11.2. The number of benzene rings is 2. The molecule has 1 amide bonds. The summed E-state index contributed by atoms with van der Waals surface area (Å²) in [6, 6.07) is 6.53. The van der Waals surface area contributed by atoms with Gasteiger partial charge in [-0.25, -0.2) is 0 Å². The van der Waals surface area contributed by atoms with Crippen molar-refractivity contribution in [2.24, 2.45) is 10.2 Å². The highest BCUT2D eigenvalue weighted by molar-refractivity contribution is 9.10. The highest BCUT2D eigenvalue weighted by Gasteiger charge is 2.23. The summed E-state index contributed by atoms with van der Waals surface area (Å²) < 4.78 is 4.86. The molecule has 14 heteroatoms. The van der Waals surface area contributed by atoms with E-state index in [1.807, 2.05) is 0 Å². The molecule has 0 fully saturated rings. The number of nitro groups is 2. The summed E-state index contributed by atoms with van der Waals surface area (Å²) in [5.41, 5.74) is -0.311. The van der Waals surface area contributed by atoms with Gasteiger partial charge in [-0.2, -0.15) is 0 Å². The van der Waals surface area contributed by atoms with E-state index in [-0.39, 0.29) is 40.6 Å². The van der Waals surface area contributed by atoms with E-state index in [0.717, 1.165) is 12.1 Å². The summed E-state index contributed by atoms with van der Waals surface area (Å²) in [5, 5.41) is 45.5. The molecule has 2 aromatic rings. The molecule has 2 rings (SSSR count). The van der Waals surface area contributed by atoms with Crippen molar-refractivity contribution in [3.8, 4) is 0 Å². The molecule has 0 spiro atoms. The average Bonchev–Trinajstić information content (AvgIpc) is 2.71. The first-order valence-electron chi connectivity index (χ1n) is 8.99. The van der Waals surface area contributed by atoms with E-state index < -0.39 is 27.3 Å². The maximum absolute atomic E-state index is 11.6. The first-order chi connectivity index (χ1) is 15.1. The van der Waals surface area contributed by atoms with Crippen LogP contribution in [-0.2, 0) is 9.53 Å². The minimum atomic E-state index is -0.806. The van der Waals surface area contributed by atoms with Crippen molar-refractivity contribution in [1.29, 1.82) is 0 Å². The Balaban J connectivity index is 2.40. The Morgan fingerprint density at radius 1 is 1.22 bits per heavy atom. The van der Waals surface area contributed by atoms with E-state index >= 15 is 0 Å². The lowest BCUT2D eigenvalue weighted by molar-refractivity contribution is -0.393. The Labute approximate surface area is 189 Å². The number of carbonyl (C=O) groups excluding carboxylic acids is 1. The number of non-ortho nitro benzene ring substituents is 1. The molecule has 170 valence electrons. The molecule has 2 aromatic carbocycles. The molecule has 0 aromatic heterocycles. The standard InChI is InChI=1S/C18H19BrN6O7/c1-10(26)21-16-5-11(20-8-13(27)9-32-2)3-4-15(16)22-23-18-14(19)6-12(24(28)29)7-17(18)25(30)31/h3-7,13,20,27H,8-9H2,1-2H3,(H,21,26). The molecular formula is C18H19BrN6O7. The largest absolute Gasteiger partial charge is 0.389 e. The fraction of sp³-hybridized carbons (Fsp3) is 0.278. The van der Waals surface area contributed by atoms with Crippen LogP contribution in [0.25, 0.3) is 0 Å². The molecule has 0 saturated heterocycles. The number of nitrogens with zero attached hydrogens (tertiary/aromatic N) is 4. The molecule has 13 nitrogen and oxygen atoms in total. The van der Waals surface area contributed by atoms with Crippen molar-refractivity contribution in [1.82, 2.24) is 0 Å². The van der Waals surface area contributed by atoms with Crippen LogP contribution in [0.1, 0.15) is 6.92 Å². The van der Waals surface area contributed by atoms with Crippen LogP contribution in [-0.4, -0.2) is 47.2 Å². The van der Waals surface area contributed by atoms with Crippen LogP contribution in [0.15, 0.2) is 45.0 Å². The molecule has 1 atom stereocenters. The van der Waals surface area contributed by atoms with E-state index in [9.17, 15) is 30.1 Å². The van der Waals surface area contributed by atoms with Gasteiger partial charge >= 0.3 is 5.69 Å². The third kappa shape index (κ3) is 6.76. The number of azo groups is 1. The number of methoxy groups -OCH3 is 1. The summed E-state index contributed by atoms with van der Waals surface area (Å²) in [5.74, 6) is -0.388. The zero-order valence-corrected chi connectivity index (χ0v) is 18.5. The first kappa shape index (κ1) is 24.8. The summed E-state index contributed by atoms with van der Waals surface area (Å²) in [6.45, 7) is 1.62. The normalized spacial score (nSPS) is 11.9. The number of anilines is 2. The van der Waals surface area contributed by atoms with Gasteiger partial charge in [-0.1, -0.05) is 0 Å². The van der Waals surface area contributed by atoms with Crippen molar-refractivity contribution >= 4 is 56.0 Å². The minimum Gasteiger partial charge on any atom is -0.389 e. The Hall–Kier alpha value is -3.49. The van der Waals surface area contributed by atoms with E-state index in [1.54, 1.807) is 12.1 Å². The maximum Gasteiger partial charge on any atom is 0.304 e. The lowest BCUT2D eigenvalue weighted by Crippen LogP contribution is -2.24. The fourth-order valence-electron chi connectivity index (χ4n) is 2.53. The van der Waals surface area contributed by atoms with Gasteiger partial charge in [-0.15, -0.1) is 10.2 Å². The number of aliphatic hydroxyl groups is 1. The third-order valence-corrected chi connectivity index (χ3v) is 4.51. The van der Waals surface area contributed by atoms with Gasteiger partial charge in [0.15, 0.2) is 5.69 Å². The second-order valence-corrected chi connectivity index (χ2v) is 7.27. The SMILES string of the molecule is COCC(O)CNc1ccc(N=Nc2c(Br)cc([N+](=O)[O-])cc2[N+](=O)[O-])c(NC(C)=O)c1. The third-order valence-electron chi connectivity index (χ3n) is 3.90. The van der Waals surface area contributed by atoms with Gasteiger partial charge < -0.3 is 20.5 Å². The number of amides is 1. The number of nitrogens with one attached hydrogen (secondary N) is 2. The number of nitro benzene ring substituents is 2. The molecule has 0 aliphatic heterocycles. The smallest absolute Gasteiger partial charge is 0.304 e. The second-order valence-electron chi connectivity index (χ2n) is 6.41. The van der Waals surface area contributed by atoms with Crippen molar-refractivity contribution in [2.45, 2.75) is 13.0 Å². The van der Waals surface area contributed by atoms with E-state index in [0.29, 0.717) is 5.69 Å². The van der Waals surface area contributed by atoms with Gasteiger partial charge in [0, 0.05) is 32.3 Å². The summed E-state index contributed by atoms with van der Waals surface area (Å²) in [7, 11) is 1.46. The Morgan fingerprint density at radius 2 is 1.94 bits per heavy atom. The number of hydrogen-bond donors (Lipinski definition) is 3. The topological polar surface area (TPSA) is 182 Å². The lowest BCUT2D eigenvalue weighted by Gasteiger charge is -2.13. The zero-order chi connectivity index (χ0) is 23.8. The van der Waals surface area contributed by atoms with E-state index in [1.165, 1.54) is 20.1 Å². The zero-order valence-electron chi connectivity index (χ0n) is 16.9. The fourth-order valence-corrected chi connectivity index (χ4v) is 3.04. The van der Waals surface area contributed by atoms with E-state index in [4.69, 9.17) is 4.74 Å². The van der Waals surface area contributed by atoms with Crippen LogP contribution in [0.3, 0.4) is 0 Å². The predicted molar refractivity (Wildman–Crippen MR) is 119 cm³/mol. The summed E-state index contributed by atoms with van der Waals surface area (Å²) >= 11 is 3.05. The molecule has 0 aliphatic rings. The Morgan fingerprint density at radius 3 is 2.53 bits per heavy atom. The van der Waals surface area contributed by atoms with Gasteiger partial charge in [0.25, 0.3) is 5.69 Å². The van der Waals surface area contributed by atoms with Gasteiger partial charge in [-0.05, 0) is 34.1 Å². The molecule has 0 saturated carbocycles. The maximum atomic E-state index is 11.6. The quantitative estimate of drug-likeness (QED) is 0.242. The van der Waals surface area contributed by atoms with Gasteiger partial charge in [-0.3, -0.25) is 25.0 Å². The highest BCUT2D eigenvalue weighted by Crippen LogP contribution is 2.40. The lowest BCUT2D eigenvalue weighted by atomic mass is 10.2. The predicted octanol–water partition coefficient (Wildman–Crippen LogP) is 4.06. The van der Waals surface area contributed by atoms with Crippen LogP contribution in [0.4, 0.5) is 34.1 Å². The van der Waals surface area contributed by atoms with Crippen molar-refractivity contribution in [3.63, 3.8) is 0 Å². The Kier molecular flexibility index (Phi) is 8.69. The number of aliphatic hydroxyl groups excluding tert-OH is 1. The number of rotatable bonds is 10. The number of ether oxygens (including phenoxy) is 1. The molecule has 0 bridgehead atoms. The summed E-state index contributed by atoms with van der Waals surface area (Å²) in [6.07, 6.45) is -0.747. The Bertz CT molecular complexity index is 1060. The van der Waals surface area contributed by atoms with Gasteiger partial charge in [0.2, 0.25) is 5.91 Å². The number of carbonyl (C=O) groups is 1. The molecule has 0 aliphatic carbocycles. The van der Waals surface area contributed by atoms with E-state index in [2.05, 4.69) is 36.8 Å². The van der Waals surface area contributed by atoms with Crippen molar-refractivity contribution in [2.75, 3.05) is 30.9 Å². The van der Waals surface area contributed by atoms with Crippen LogP contribution in [0.5, 0.6) is 0 Å². The van der Waals surface area contributed by atoms with Crippen molar-refractivity contribution in [3.05, 3.63) is 55.0 Å². The molecule has 32 heavy (non-hydrogen) atoms. The average molecular weight is 511 g/mol. The monoisotopic (exact) mass is 510 g/mol. The van der Waals surface area contributed by atoms with Crippen LogP contribution < -0.4 is 10.6 Å². The molecule has 3 N–H and O–H groups in total. The number of halogens is 1. The minimum absolute atomic E-state index is 0.00800. The van der Waals surface area contributed by atoms with Crippen LogP contribution >= 0.6 is 15.9 Å². The molecule has 0 radical (unpaired) electrons. The molecule has 1 unspecified atom stereocenters. The molecule has 0 heterocycles. The van der Waals surface area contributed by atoms with Gasteiger partial charge in [0.05, 0.1) is 38.8 Å². The van der Waals surface area contributed by atoms with Crippen LogP contribution in [0.2, 0.25) is 0 Å². The van der Waals surface area contributed by atoms with Crippen molar-refractivity contribution < 1.29 is 24.5 Å². The number of hydrogen-bond acceptors (Lipinski definition) is 10. The highest BCUT2D eigenvalue weighted by atomic mass is 79.9. The van der Waals surface area contributed by atoms with Gasteiger partial charge in [0.1, 0.15) is 5.69 Å². The van der Waals surface area contributed by atoms with Crippen LogP contribution in [0, 0.1) is 20.2 Å². The summed E-state index contributed by atoms with van der Waals surface area (Å²) in [4.78, 5) is 32.3.